The van der Waals surface area contributed by atoms with Gasteiger partial charge in [-0.3, -0.25) is 9.59 Å². The first-order chi connectivity index (χ1) is 7.33. The van der Waals surface area contributed by atoms with Crippen molar-refractivity contribution in [3.8, 4) is 0 Å². The molecule has 1 rings (SSSR count). The number of rotatable bonds is 5. The van der Waals surface area contributed by atoms with E-state index >= 15 is 0 Å². The Morgan fingerprint density at radius 2 is 2.19 bits per heavy atom. The molecule has 3 N–H and O–H groups in total. The lowest BCUT2D eigenvalue weighted by atomic mass is 10.5. The number of hydrogen-bond donors (Lipinski definition) is 3. The van der Waals surface area contributed by atoms with Crippen LogP contribution in [0.25, 0.3) is 0 Å². The van der Waals surface area contributed by atoms with E-state index in [-0.39, 0.29) is 22.9 Å². The summed E-state index contributed by atoms with van der Waals surface area (Å²) in [6, 6.07) is 0. The summed E-state index contributed by atoms with van der Waals surface area (Å²) in [5.74, 6) is -1.10. The Labute approximate surface area is 95.2 Å². The van der Waals surface area contributed by atoms with E-state index in [2.05, 4.69) is 9.71 Å². The van der Waals surface area contributed by atoms with Crippen LogP contribution in [0.4, 0.5) is 0 Å². The number of thiazole rings is 1. The highest BCUT2D eigenvalue weighted by atomic mass is 32.2. The molecule has 0 fully saturated rings. The van der Waals surface area contributed by atoms with Gasteiger partial charge in [-0.15, -0.1) is 0 Å². The van der Waals surface area contributed by atoms with Gasteiger partial charge in [-0.25, -0.2) is 13.1 Å². The zero-order chi connectivity index (χ0) is 12.3. The number of aliphatic carboxylic acids is 1. The van der Waals surface area contributed by atoms with Crippen LogP contribution in [0.3, 0.4) is 0 Å². The van der Waals surface area contributed by atoms with Crippen LogP contribution in [0.1, 0.15) is 12.1 Å². The first-order valence-corrected chi connectivity index (χ1v) is 6.54. The minimum atomic E-state index is -3.79. The Bertz CT molecular complexity index is 541. The molecule has 0 aromatic carbocycles. The van der Waals surface area contributed by atoms with Crippen molar-refractivity contribution in [2.45, 2.75) is 17.6 Å². The summed E-state index contributed by atoms with van der Waals surface area (Å²) in [4.78, 5) is 23.0. The van der Waals surface area contributed by atoms with E-state index in [1.54, 1.807) is 0 Å². The van der Waals surface area contributed by atoms with Crippen molar-refractivity contribution in [1.29, 1.82) is 0 Å². The number of nitrogens with one attached hydrogen (secondary N) is 2. The predicted octanol–water partition coefficient (Wildman–Crippen LogP) is -0.502. The van der Waals surface area contributed by atoms with Crippen LogP contribution in [0.2, 0.25) is 0 Å². The largest absolute Gasteiger partial charge is 0.481 e. The van der Waals surface area contributed by atoms with Crippen molar-refractivity contribution >= 4 is 27.3 Å². The molecule has 9 heteroatoms. The number of carbonyl (C=O) groups is 1. The molecule has 16 heavy (non-hydrogen) atoms. The minimum absolute atomic E-state index is 0.108. The second kappa shape index (κ2) is 4.76. The molecule has 0 aliphatic heterocycles. The third-order valence-corrected chi connectivity index (χ3v) is 4.72. The standard InChI is InChI=1S/C7H10N2O5S2/c1-4-6(15-7(12)9-4)16(13,14)8-3-2-5(10)11/h8H,2-3H2,1H3,(H,9,12)(H,10,11). The molecule has 0 bridgehead atoms. The molecule has 90 valence electrons. The molecule has 0 spiro atoms. The molecule has 0 radical (unpaired) electrons. The van der Waals surface area contributed by atoms with Gasteiger partial charge in [0.05, 0.1) is 6.42 Å². The summed E-state index contributed by atoms with van der Waals surface area (Å²) in [6.45, 7) is 1.26. The van der Waals surface area contributed by atoms with Crippen LogP contribution in [-0.4, -0.2) is 31.0 Å². The predicted molar refractivity (Wildman–Crippen MR) is 57.1 cm³/mol. The zero-order valence-corrected chi connectivity index (χ0v) is 9.94. The minimum Gasteiger partial charge on any atom is -0.481 e. The summed E-state index contributed by atoms with van der Waals surface area (Å²) in [7, 11) is -3.79. The summed E-state index contributed by atoms with van der Waals surface area (Å²) in [5.41, 5.74) is 0.248. The molecule has 1 heterocycles. The summed E-state index contributed by atoms with van der Waals surface area (Å²) in [5, 5.41) is 8.35. The number of aromatic nitrogens is 1. The Morgan fingerprint density at radius 1 is 1.56 bits per heavy atom. The van der Waals surface area contributed by atoms with E-state index in [1.807, 2.05) is 0 Å². The summed E-state index contributed by atoms with van der Waals surface area (Å²) in [6.07, 6.45) is -0.308. The van der Waals surface area contributed by atoms with Crippen LogP contribution >= 0.6 is 11.3 Å². The zero-order valence-electron chi connectivity index (χ0n) is 8.31. The molecule has 0 saturated carbocycles. The third-order valence-electron chi connectivity index (χ3n) is 1.66. The maximum atomic E-state index is 11.6. The fourth-order valence-electron chi connectivity index (χ4n) is 1.00. The smallest absolute Gasteiger partial charge is 0.305 e. The fourth-order valence-corrected chi connectivity index (χ4v) is 3.38. The van der Waals surface area contributed by atoms with Gasteiger partial charge in [-0.05, 0) is 6.92 Å². The maximum absolute atomic E-state index is 11.6. The lowest BCUT2D eigenvalue weighted by Crippen LogP contribution is -2.26. The van der Waals surface area contributed by atoms with Crippen LogP contribution < -0.4 is 9.60 Å². The van der Waals surface area contributed by atoms with Gasteiger partial charge in [0.25, 0.3) is 10.0 Å². The van der Waals surface area contributed by atoms with Crippen molar-refractivity contribution in [3.05, 3.63) is 15.4 Å². The SMILES string of the molecule is Cc1[nH]c(=O)sc1S(=O)(=O)NCCC(=O)O. The van der Waals surface area contributed by atoms with E-state index < -0.39 is 20.9 Å². The third kappa shape index (κ3) is 3.15. The number of H-pyrrole nitrogens is 1. The highest BCUT2D eigenvalue weighted by molar-refractivity contribution is 7.91. The molecule has 0 aliphatic carbocycles. The van der Waals surface area contributed by atoms with Crippen LogP contribution in [0, 0.1) is 6.92 Å². The van der Waals surface area contributed by atoms with Gasteiger partial charge in [0.2, 0.25) is 0 Å². The van der Waals surface area contributed by atoms with E-state index in [9.17, 15) is 18.0 Å². The van der Waals surface area contributed by atoms with Crippen LogP contribution in [0.5, 0.6) is 0 Å². The van der Waals surface area contributed by atoms with Crippen molar-refractivity contribution in [3.63, 3.8) is 0 Å². The Kier molecular flexibility index (Phi) is 3.83. The van der Waals surface area contributed by atoms with Gasteiger partial charge in [0, 0.05) is 12.2 Å². The second-order valence-corrected chi connectivity index (χ2v) is 5.91. The molecule has 0 aliphatic rings. The van der Waals surface area contributed by atoms with Crippen molar-refractivity contribution < 1.29 is 18.3 Å². The quantitative estimate of drug-likeness (QED) is 0.664. The average Bonchev–Trinajstić information content (AvgIpc) is 2.44. The van der Waals surface area contributed by atoms with E-state index in [0.29, 0.717) is 11.3 Å². The van der Waals surface area contributed by atoms with Gasteiger partial charge in [-0.1, -0.05) is 11.3 Å². The molecular weight excluding hydrogens is 256 g/mol. The molecule has 1 aromatic rings. The van der Waals surface area contributed by atoms with Crippen molar-refractivity contribution in [2.75, 3.05) is 6.54 Å². The summed E-state index contributed by atoms with van der Waals surface area (Å²) < 4.78 is 25.2. The van der Waals surface area contributed by atoms with Crippen molar-refractivity contribution in [1.82, 2.24) is 9.71 Å². The van der Waals surface area contributed by atoms with Gasteiger partial charge in [0.1, 0.15) is 0 Å². The number of carboxylic acid groups (broad SMARTS) is 1. The van der Waals surface area contributed by atoms with Crippen LogP contribution in [-0.2, 0) is 14.8 Å². The molecule has 0 atom stereocenters. The number of aryl methyl sites for hydroxylation is 1. The van der Waals surface area contributed by atoms with E-state index in [0.717, 1.165) is 0 Å². The lowest BCUT2D eigenvalue weighted by molar-refractivity contribution is -0.136. The Hall–Kier alpha value is -1.19. The van der Waals surface area contributed by atoms with Crippen LogP contribution in [0.15, 0.2) is 9.00 Å². The lowest BCUT2D eigenvalue weighted by Gasteiger charge is -2.02. The van der Waals surface area contributed by atoms with Gasteiger partial charge in [-0.2, -0.15) is 0 Å². The normalized spacial score (nSPS) is 11.6. The van der Waals surface area contributed by atoms with E-state index in [1.165, 1.54) is 6.92 Å². The Balaban J connectivity index is 2.82. The highest BCUT2D eigenvalue weighted by Crippen LogP contribution is 2.14. The fraction of sp³-hybridized carbons (Fsp3) is 0.429. The summed E-state index contributed by atoms with van der Waals surface area (Å²) >= 11 is 0.571. The maximum Gasteiger partial charge on any atom is 0.305 e. The average molecular weight is 266 g/mol. The second-order valence-electron chi connectivity index (χ2n) is 2.97. The first kappa shape index (κ1) is 12.9. The van der Waals surface area contributed by atoms with Gasteiger partial charge >= 0.3 is 10.8 Å². The Morgan fingerprint density at radius 3 is 2.62 bits per heavy atom. The molecule has 0 unspecified atom stereocenters. The molecular formula is C7H10N2O5S2. The molecule has 1 aromatic heterocycles. The monoisotopic (exact) mass is 266 g/mol. The molecule has 7 nitrogen and oxygen atoms in total. The highest BCUT2D eigenvalue weighted by Gasteiger charge is 2.20. The number of hydrogen-bond acceptors (Lipinski definition) is 5. The van der Waals surface area contributed by atoms with Gasteiger partial charge in [0.15, 0.2) is 4.21 Å². The number of aromatic amines is 1. The van der Waals surface area contributed by atoms with Crippen molar-refractivity contribution in [2.24, 2.45) is 0 Å². The first-order valence-electron chi connectivity index (χ1n) is 4.24. The molecule has 0 amide bonds. The topological polar surface area (TPSA) is 116 Å². The number of carboxylic acids is 1. The number of sulfonamides is 1. The molecule has 0 saturated heterocycles. The van der Waals surface area contributed by atoms with E-state index in [4.69, 9.17) is 5.11 Å². The van der Waals surface area contributed by atoms with Gasteiger partial charge < -0.3 is 10.1 Å².